The van der Waals surface area contributed by atoms with E-state index in [1.807, 2.05) is 52.4 Å². The number of fused-ring (bicyclic) bond motifs is 1. The third kappa shape index (κ3) is 4.18. The van der Waals surface area contributed by atoms with Gasteiger partial charge in [-0.25, -0.2) is 4.98 Å². The van der Waals surface area contributed by atoms with Crippen molar-refractivity contribution in [1.82, 2.24) is 14.5 Å². The highest BCUT2D eigenvalue weighted by Gasteiger charge is 2.16. The van der Waals surface area contributed by atoms with Gasteiger partial charge in [-0.05, 0) is 49.0 Å². The monoisotopic (exact) mass is 449 g/mol. The second-order valence-electron chi connectivity index (χ2n) is 7.99. The van der Waals surface area contributed by atoms with Crippen LogP contribution in [0.1, 0.15) is 19.3 Å². The highest BCUT2D eigenvalue weighted by atomic mass is 35.5. The zero-order valence-electron chi connectivity index (χ0n) is 17.3. The standard InChI is InChI=1S/C25H24ClN3OS/c26-21-7-3-2-6-20(21)18-8-10-19(11-9-18)24-27-22-12-17-31-23(22)25(30)29(24)16-15-28-13-4-1-5-14-28/h2-3,6-12,17H,1,4-5,13-16H2. The Bertz CT molecular complexity index is 1260. The van der Waals surface area contributed by atoms with Crippen molar-refractivity contribution < 1.29 is 0 Å². The number of piperidine rings is 1. The molecule has 0 amide bonds. The van der Waals surface area contributed by atoms with Crippen molar-refractivity contribution >= 4 is 33.2 Å². The molecule has 0 bridgehead atoms. The zero-order chi connectivity index (χ0) is 21.2. The van der Waals surface area contributed by atoms with E-state index in [1.54, 1.807) is 0 Å². The highest BCUT2D eigenvalue weighted by Crippen LogP contribution is 2.30. The van der Waals surface area contributed by atoms with Crippen LogP contribution in [0.4, 0.5) is 0 Å². The third-order valence-electron chi connectivity index (χ3n) is 5.98. The van der Waals surface area contributed by atoms with Crippen molar-refractivity contribution in [3.05, 3.63) is 75.4 Å². The summed E-state index contributed by atoms with van der Waals surface area (Å²) < 4.78 is 2.59. The molecule has 6 heteroatoms. The van der Waals surface area contributed by atoms with Gasteiger partial charge in [-0.2, -0.15) is 0 Å². The number of thiophene rings is 1. The van der Waals surface area contributed by atoms with Crippen LogP contribution >= 0.6 is 22.9 Å². The molecule has 0 unspecified atom stereocenters. The second kappa shape index (κ2) is 8.95. The van der Waals surface area contributed by atoms with E-state index in [0.29, 0.717) is 6.54 Å². The fraction of sp³-hybridized carbons (Fsp3) is 0.280. The summed E-state index contributed by atoms with van der Waals surface area (Å²) in [4.78, 5) is 20.6. The Hall–Kier alpha value is -2.47. The average molecular weight is 450 g/mol. The van der Waals surface area contributed by atoms with Crippen molar-refractivity contribution in [3.8, 4) is 22.5 Å². The highest BCUT2D eigenvalue weighted by molar-refractivity contribution is 7.17. The number of likely N-dealkylation sites (tertiary alicyclic amines) is 1. The van der Waals surface area contributed by atoms with Gasteiger partial charge in [0.2, 0.25) is 0 Å². The van der Waals surface area contributed by atoms with E-state index in [9.17, 15) is 4.79 Å². The van der Waals surface area contributed by atoms with Crippen LogP contribution in [-0.4, -0.2) is 34.1 Å². The van der Waals surface area contributed by atoms with Crippen molar-refractivity contribution in [3.63, 3.8) is 0 Å². The summed E-state index contributed by atoms with van der Waals surface area (Å²) in [5.41, 5.74) is 3.82. The molecule has 2 aromatic carbocycles. The van der Waals surface area contributed by atoms with Gasteiger partial charge in [0.1, 0.15) is 10.5 Å². The largest absolute Gasteiger partial charge is 0.302 e. The first-order chi connectivity index (χ1) is 15.2. The normalized spacial score (nSPS) is 14.9. The predicted octanol–water partition coefficient (Wildman–Crippen LogP) is 5.93. The number of hydrogen-bond donors (Lipinski definition) is 0. The summed E-state index contributed by atoms with van der Waals surface area (Å²) in [6.07, 6.45) is 3.79. The summed E-state index contributed by atoms with van der Waals surface area (Å²) >= 11 is 7.84. The molecule has 2 aromatic heterocycles. The molecule has 0 aliphatic carbocycles. The Morgan fingerprint density at radius 3 is 2.42 bits per heavy atom. The summed E-state index contributed by atoms with van der Waals surface area (Å²) in [5, 5.41) is 2.67. The SMILES string of the molecule is O=c1c2sccc2nc(-c2ccc(-c3ccccc3Cl)cc2)n1CCN1CCCCC1. The number of hydrogen-bond acceptors (Lipinski definition) is 4. The van der Waals surface area contributed by atoms with Crippen molar-refractivity contribution in [1.29, 1.82) is 0 Å². The molecule has 1 saturated heterocycles. The van der Waals surface area contributed by atoms with Crippen molar-refractivity contribution in [2.45, 2.75) is 25.8 Å². The molecule has 4 aromatic rings. The number of halogens is 1. The summed E-state index contributed by atoms with van der Waals surface area (Å²) in [6, 6.07) is 17.9. The molecule has 3 heterocycles. The first-order valence-corrected chi connectivity index (χ1v) is 12.0. The van der Waals surface area contributed by atoms with Crippen LogP contribution in [-0.2, 0) is 6.54 Å². The van der Waals surface area contributed by atoms with Gasteiger partial charge in [0, 0.05) is 29.2 Å². The molecule has 0 spiro atoms. The fourth-order valence-corrected chi connectivity index (χ4v) is 5.31. The molecule has 0 atom stereocenters. The van der Waals surface area contributed by atoms with Gasteiger partial charge >= 0.3 is 0 Å². The average Bonchev–Trinajstić information content (AvgIpc) is 3.29. The van der Waals surface area contributed by atoms with E-state index in [2.05, 4.69) is 17.0 Å². The van der Waals surface area contributed by atoms with Crippen LogP contribution in [0.2, 0.25) is 5.02 Å². The Labute approximate surface area is 190 Å². The van der Waals surface area contributed by atoms with Crippen LogP contribution in [0.5, 0.6) is 0 Å². The van der Waals surface area contributed by atoms with Gasteiger partial charge in [0.05, 0.1) is 5.52 Å². The molecule has 1 aliphatic rings. The fourth-order valence-electron chi connectivity index (χ4n) is 4.29. The van der Waals surface area contributed by atoms with Crippen LogP contribution in [0.15, 0.2) is 64.8 Å². The molecule has 4 nitrogen and oxygen atoms in total. The molecule has 1 aliphatic heterocycles. The van der Waals surface area contributed by atoms with Gasteiger partial charge in [-0.1, -0.05) is 60.5 Å². The molecule has 0 radical (unpaired) electrons. The summed E-state index contributed by atoms with van der Waals surface area (Å²) in [5.74, 6) is 0.735. The maximum absolute atomic E-state index is 13.3. The molecule has 31 heavy (non-hydrogen) atoms. The second-order valence-corrected chi connectivity index (χ2v) is 9.31. The topological polar surface area (TPSA) is 38.1 Å². The summed E-state index contributed by atoms with van der Waals surface area (Å²) in [7, 11) is 0. The lowest BCUT2D eigenvalue weighted by molar-refractivity contribution is 0.220. The van der Waals surface area contributed by atoms with Crippen LogP contribution in [0.25, 0.3) is 32.7 Å². The van der Waals surface area contributed by atoms with E-state index in [0.717, 1.165) is 57.4 Å². The number of rotatable bonds is 5. The zero-order valence-corrected chi connectivity index (χ0v) is 18.8. The minimum absolute atomic E-state index is 0.0576. The molecule has 0 saturated carbocycles. The predicted molar refractivity (Wildman–Crippen MR) is 130 cm³/mol. The molecule has 158 valence electrons. The van der Waals surface area contributed by atoms with Gasteiger partial charge in [0.25, 0.3) is 5.56 Å². The van der Waals surface area contributed by atoms with Gasteiger partial charge in [-0.15, -0.1) is 11.3 Å². The van der Waals surface area contributed by atoms with E-state index in [1.165, 1.54) is 30.6 Å². The van der Waals surface area contributed by atoms with Crippen molar-refractivity contribution in [2.75, 3.05) is 19.6 Å². The van der Waals surface area contributed by atoms with E-state index in [-0.39, 0.29) is 5.56 Å². The number of nitrogens with zero attached hydrogens (tertiary/aromatic N) is 3. The van der Waals surface area contributed by atoms with Gasteiger partial charge < -0.3 is 4.90 Å². The lowest BCUT2D eigenvalue weighted by Gasteiger charge is -2.27. The molecular formula is C25H24ClN3OS. The van der Waals surface area contributed by atoms with E-state index < -0.39 is 0 Å². The minimum Gasteiger partial charge on any atom is -0.302 e. The third-order valence-corrected chi connectivity index (χ3v) is 7.20. The lowest BCUT2D eigenvalue weighted by atomic mass is 10.0. The molecule has 1 fully saturated rings. The lowest BCUT2D eigenvalue weighted by Crippen LogP contribution is -2.35. The maximum atomic E-state index is 13.3. The van der Waals surface area contributed by atoms with Crippen LogP contribution in [0.3, 0.4) is 0 Å². The van der Waals surface area contributed by atoms with Crippen LogP contribution < -0.4 is 5.56 Å². The molecular weight excluding hydrogens is 426 g/mol. The van der Waals surface area contributed by atoms with Gasteiger partial charge in [-0.3, -0.25) is 9.36 Å². The Balaban J connectivity index is 1.52. The summed E-state index contributed by atoms with van der Waals surface area (Å²) in [6.45, 7) is 3.76. The minimum atomic E-state index is 0.0576. The van der Waals surface area contributed by atoms with Crippen LogP contribution in [0, 0.1) is 0 Å². The van der Waals surface area contributed by atoms with E-state index in [4.69, 9.17) is 16.6 Å². The Kier molecular flexibility index (Phi) is 5.90. The quantitative estimate of drug-likeness (QED) is 0.379. The van der Waals surface area contributed by atoms with E-state index >= 15 is 0 Å². The smallest absolute Gasteiger partial charge is 0.271 e. The number of benzene rings is 2. The van der Waals surface area contributed by atoms with Crippen molar-refractivity contribution in [2.24, 2.45) is 0 Å². The Morgan fingerprint density at radius 2 is 1.65 bits per heavy atom. The first kappa shape index (κ1) is 20.4. The molecule has 0 N–H and O–H groups in total. The maximum Gasteiger partial charge on any atom is 0.271 e. The van der Waals surface area contributed by atoms with Gasteiger partial charge in [0.15, 0.2) is 0 Å². The molecule has 5 rings (SSSR count). The number of aromatic nitrogens is 2. The first-order valence-electron chi connectivity index (χ1n) is 10.8. The Morgan fingerprint density at radius 1 is 0.903 bits per heavy atom.